The van der Waals surface area contributed by atoms with Gasteiger partial charge in [-0.05, 0) is 61.4 Å². The van der Waals surface area contributed by atoms with Gasteiger partial charge in [0.25, 0.3) is 0 Å². The number of carbonyl (C=O) groups excluding carboxylic acids is 1. The van der Waals surface area contributed by atoms with E-state index in [0.717, 1.165) is 5.56 Å². The van der Waals surface area contributed by atoms with Gasteiger partial charge in [-0.15, -0.1) is 0 Å². The van der Waals surface area contributed by atoms with Crippen LogP contribution in [0.4, 0.5) is 5.69 Å². The number of para-hydroxylation sites is 3. The molecule has 4 aromatic rings. The number of benzene rings is 4. The highest BCUT2D eigenvalue weighted by Gasteiger charge is 2.27. The number of halogens is 1. The van der Waals surface area contributed by atoms with E-state index in [9.17, 15) is 13.2 Å². The van der Waals surface area contributed by atoms with E-state index in [1.54, 1.807) is 43.3 Å². The van der Waals surface area contributed by atoms with Crippen LogP contribution in [0, 0.1) is 0 Å². The van der Waals surface area contributed by atoms with Gasteiger partial charge in [0.1, 0.15) is 17.5 Å². The number of ether oxygens (including phenoxy) is 2. The number of sulfonamides is 1. The van der Waals surface area contributed by atoms with Gasteiger partial charge < -0.3 is 14.8 Å². The second-order valence-electron chi connectivity index (χ2n) is 8.29. The molecule has 2 N–H and O–H groups in total. The Hall–Kier alpha value is -3.85. The zero-order chi connectivity index (χ0) is 27.0. The lowest BCUT2D eigenvalue weighted by molar-refractivity contribution is -0.117. The molecule has 0 spiro atoms. The van der Waals surface area contributed by atoms with Crippen molar-refractivity contribution in [2.45, 2.75) is 24.3 Å². The van der Waals surface area contributed by atoms with E-state index in [1.165, 1.54) is 18.2 Å². The fraction of sp³-hybridized carbons (Fsp3) is 0.138. The monoisotopic (exact) mass is 550 g/mol. The minimum absolute atomic E-state index is 0.0791. The molecule has 38 heavy (non-hydrogen) atoms. The highest BCUT2D eigenvalue weighted by atomic mass is 35.5. The summed E-state index contributed by atoms with van der Waals surface area (Å²) in [5, 5.41) is 2.98. The number of anilines is 1. The van der Waals surface area contributed by atoms with Gasteiger partial charge in [0.05, 0.1) is 22.2 Å². The molecule has 1 atom stereocenters. The number of rotatable bonds is 11. The van der Waals surface area contributed by atoms with Crippen LogP contribution in [0.2, 0.25) is 5.02 Å². The van der Waals surface area contributed by atoms with E-state index in [4.69, 9.17) is 21.1 Å². The third-order valence-corrected chi connectivity index (χ3v) is 7.29. The van der Waals surface area contributed by atoms with Crippen molar-refractivity contribution in [1.29, 1.82) is 0 Å². The first-order valence-corrected chi connectivity index (χ1v) is 13.8. The molecular formula is C29H27ClN2O5S. The van der Waals surface area contributed by atoms with Gasteiger partial charge in [0.15, 0.2) is 5.75 Å². The molecule has 0 bridgehead atoms. The topological polar surface area (TPSA) is 93.7 Å². The minimum atomic E-state index is -4.11. The average molecular weight is 551 g/mol. The van der Waals surface area contributed by atoms with E-state index in [2.05, 4.69) is 10.0 Å². The Bertz CT molecular complexity index is 1480. The van der Waals surface area contributed by atoms with Crippen LogP contribution in [-0.2, 0) is 21.2 Å². The van der Waals surface area contributed by atoms with Crippen LogP contribution in [-0.4, -0.2) is 27.0 Å². The predicted octanol–water partition coefficient (Wildman–Crippen LogP) is 6.06. The molecule has 0 aliphatic rings. The molecule has 0 saturated heterocycles. The molecule has 0 fully saturated rings. The Labute approximate surface area is 227 Å². The van der Waals surface area contributed by atoms with Crippen molar-refractivity contribution >= 4 is 33.2 Å². The molecule has 0 saturated carbocycles. The number of nitrogens with one attached hydrogen (secondary N) is 2. The van der Waals surface area contributed by atoms with E-state index >= 15 is 0 Å². The van der Waals surface area contributed by atoms with Crippen molar-refractivity contribution < 1.29 is 22.7 Å². The van der Waals surface area contributed by atoms with Crippen molar-refractivity contribution in [2.24, 2.45) is 0 Å². The van der Waals surface area contributed by atoms with E-state index < -0.39 is 22.0 Å². The quantitative estimate of drug-likeness (QED) is 0.237. The third kappa shape index (κ3) is 7.13. The summed E-state index contributed by atoms with van der Waals surface area (Å²) in [7, 11) is -4.11. The van der Waals surface area contributed by atoms with Gasteiger partial charge in [0.2, 0.25) is 15.9 Å². The van der Waals surface area contributed by atoms with Gasteiger partial charge in [-0.3, -0.25) is 4.79 Å². The normalized spacial score (nSPS) is 11.9. The first-order valence-electron chi connectivity index (χ1n) is 12.0. The van der Waals surface area contributed by atoms with Crippen molar-refractivity contribution in [1.82, 2.24) is 4.72 Å². The fourth-order valence-corrected chi connectivity index (χ4v) is 5.23. The molecule has 9 heteroatoms. The summed E-state index contributed by atoms with van der Waals surface area (Å²) < 4.78 is 40.5. The Balaban J connectivity index is 1.60. The molecule has 0 aliphatic heterocycles. The Morgan fingerprint density at radius 2 is 1.53 bits per heavy atom. The summed E-state index contributed by atoms with van der Waals surface area (Å²) in [5.74, 6) is 0.857. The zero-order valence-electron chi connectivity index (χ0n) is 20.6. The smallest absolute Gasteiger partial charge is 0.243 e. The molecule has 1 amide bonds. The zero-order valence-corrected chi connectivity index (χ0v) is 22.2. The van der Waals surface area contributed by atoms with Crippen LogP contribution in [0.1, 0.15) is 12.5 Å². The van der Waals surface area contributed by atoms with E-state index in [0.29, 0.717) is 29.5 Å². The number of hydrogen-bond acceptors (Lipinski definition) is 5. The SMILES string of the molecule is CCOc1ccc(S(=O)(=O)N[C@H](Cc2ccccc2)C(=O)Nc2ccccc2Oc2ccccc2)cc1Cl. The first-order chi connectivity index (χ1) is 18.4. The van der Waals surface area contributed by atoms with Gasteiger partial charge >= 0.3 is 0 Å². The summed E-state index contributed by atoms with van der Waals surface area (Å²) in [6.07, 6.45) is 0.123. The number of amides is 1. The maximum Gasteiger partial charge on any atom is 0.243 e. The van der Waals surface area contributed by atoms with E-state index in [-0.39, 0.29) is 16.3 Å². The molecule has 4 rings (SSSR count). The second-order valence-corrected chi connectivity index (χ2v) is 10.4. The molecule has 0 heterocycles. The standard InChI is InChI=1S/C29H27ClN2O5S/c1-2-36-27-18-17-23(20-24(27)30)38(34,35)32-26(19-21-11-5-3-6-12-21)29(33)31-25-15-9-10-16-28(25)37-22-13-7-4-8-14-22/h3-18,20,26,32H,2,19H2,1H3,(H,31,33)/t26-/m1/s1. The summed E-state index contributed by atoms with van der Waals surface area (Å²) in [6, 6.07) is 28.3. The fourth-order valence-electron chi connectivity index (χ4n) is 3.71. The van der Waals surface area contributed by atoms with Crippen LogP contribution in [0.25, 0.3) is 0 Å². The lowest BCUT2D eigenvalue weighted by atomic mass is 10.1. The predicted molar refractivity (Wildman–Crippen MR) is 148 cm³/mol. The Morgan fingerprint density at radius 1 is 0.868 bits per heavy atom. The van der Waals surface area contributed by atoms with Crippen molar-refractivity contribution in [2.75, 3.05) is 11.9 Å². The summed E-state index contributed by atoms with van der Waals surface area (Å²) in [4.78, 5) is 13.4. The average Bonchev–Trinajstić information content (AvgIpc) is 2.91. The largest absolute Gasteiger partial charge is 0.492 e. The highest BCUT2D eigenvalue weighted by molar-refractivity contribution is 7.89. The maximum atomic E-state index is 13.5. The Morgan fingerprint density at radius 3 is 2.21 bits per heavy atom. The van der Waals surface area contributed by atoms with Gasteiger partial charge in [-0.1, -0.05) is 72.3 Å². The van der Waals surface area contributed by atoms with E-state index in [1.807, 2.05) is 48.5 Å². The van der Waals surface area contributed by atoms with Gasteiger partial charge in [-0.25, -0.2) is 8.42 Å². The second kappa shape index (κ2) is 12.6. The van der Waals surface area contributed by atoms with Crippen LogP contribution in [0.5, 0.6) is 17.2 Å². The van der Waals surface area contributed by atoms with Crippen LogP contribution >= 0.6 is 11.6 Å². The molecule has 0 radical (unpaired) electrons. The van der Waals surface area contributed by atoms with Crippen LogP contribution < -0.4 is 19.5 Å². The van der Waals surface area contributed by atoms with Crippen molar-refractivity contribution in [3.05, 3.63) is 114 Å². The van der Waals surface area contributed by atoms with Gasteiger partial charge in [0, 0.05) is 0 Å². The van der Waals surface area contributed by atoms with Crippen LogP contribution in [0.15, 0.2) is 108 Å². The lowest BCUT2D eigenvalue weighted by Crippen LogP contribution is -2.45. The molecule has 4 aromatic carbocycles. The molecule has 196 valence electrons. The lowest BCUT2D eigenvalue weighted by Gasteiger charge is -2.20. The first kappa shape index (κ1) is 27.2. The minimum Gasteiger partial charge on any atom is -0.492 e. The summed E-state index contributed by atoms with van der Waals surface area (Å²) in [6.45, 7) is 2.19. The molecule has 0 aliphatic carbocycles. The molecular weight excluding hydrogens is 524 g/mol. The molecule has 7 nitrogen and oxygen atoms in total. The van der Waals surface area contributed by atoms with Gasteiger partial charge in [-0.2, -0.15) is 4.72 Å². The summed E-state index contributed by atoms with van der Waals surface area (Å²) in [5.41, 5.74) is 1.19. The highest BCUT2D eigenvalue weighted by Crippen LogP contribution is 2.30. The number of carbonyl (C=O) groups is 1. The third-order valence-electron chi connectivity index (χ3n) is 5.53. The number of hydrogen-bond donors (Lipinski definition) is 2. The maximum absolute atomic E-state index is 13.5. The van der Waals surface area contributed by atoms with Crippen LogP contribution in [0.3, 0.4) is 0 Å². The summed E-state index contributed by atoms with van der Waals surface area (Å²) >= 11 is 6.22. The van der Waals surface area contributed by atoms with Crippen molar-refractivity contribution in [3.63, 3.8) is 0 Å². The molecule has 0 unspecified atom stereocenters. The van der Waals surface area contributed by atoms with Crippen molar-refractivity contribution in [3.8, 4) is 17.2 Å². The Kier molecular flexibility index (Phi) is 9.02. The molecule has 0 aromatic heterocycles.